The number of phenolic OH excluding ortho intramolecular Hbond substituents is 1. The second-order valence-electron chi connectivity index (χ2n) is 3.03. The Hall–Kier alpha value is -1.66. The Kier molecular flexibility index (Phi) is 2.09. The van der Waals surface area contributed by atoms with Gasteiger partial charge in [-0.25, -0.2) is 13.6 Å². The van der Waals surface area contributed by atoms with Gasteiger partial charge in [-0.1, -0.05) is 0 Å². The molecule has 0 atom stereocenters. The number of benzene rings is 1. The van der Waals surface area contributed by atoms with Gasteiger partial charge in [-0.15, -0.1) is 0 Å². The normalized spacial score (nSPS) is 11.8. The molecule has 0 saturated heterocycles. The molecule has 1 aromatic carbocycles. The van der Waals surface area contributed by atoms with E-state index in [0.29, 0.717) is 5.39 Å². The third kappa shape index (κ3) is 1.64. The second-order valence-corrected chi connectivity index (χ2v) is 4.56. The zero-order valence-corrected chi connectivity index (χ0v) is 8.40. The van der Waals surface area contributed by atoms with Gasteiger partial charge in [0.15, 0.2) is 0 Å². The molecule has 0 aliphatic heterocycles. The summed E-state index contributed by atoms with van der Waals surface area (Å²) in [7, 11) is -3.80. The first-order valence-electron chi connectivity index (χ1n) is 4.09. The minimum atomic E-state index is -3.80. The highest BCUT2D eigenvalue weighted by molar-refractivity contribution is 7.89. The monoisotopic (exact) mass is 224 g/mol. The van der Waals surface area contributed by atoms with Crippen LogP contribution in [0.3, 0.4) is 0 Å². The van der Waals surface area contributed by atoms with Gasteiger partial charge in [0, 0.05) is 11.6 Å². The molecule has 0 fully saturated rings. The number of pyridine rings is 1. The minimum Gasteiger partial charge on any atom is -0.506 e. The van der Waals surface area contributed by atoms with Crippen LogP contribution in [0.5, 0.6) is 5.75 Å². The average molecular weight is 224 g/mol. The molecule has 6 heteroatoms. The Bertz CT molecular complexity index is 622. The number of fused-ring (bicyclic) bond motifs is 1. The van der Waals surface area contributed by atoms with Crippen molar-refractivity contribution in [1.29, 1.82) is 0 Å². The molecule has 0 bridgehead atoms. The lowest BCUT2D eigenvalue weighted by atomic mass is 10.2. The zero-order chi connectivity index (χ0) is 11.1. The maximum atomic E-state index is 11.2. The number of primary sulfonamides is 1. The van der Waals surface area contributed by atoms with E-state index in [0.717, 1.165) is 0 Å². The van der Waals surface area contributed by atoms with Crippen LogP contribution in [-0.2, 0) is 10.0 Å². The minimum absolute atomic E-state index is 0.0385. The molecule has 0 amide bonds. The average Bonchev–Trinajstić information content (AvgIpc) is 2.17. The van der Waals surface area contributed by atoms with Crippen molar-refractivity contribution in [3.8, 4) is 5.75 Å². The van der Waals surface area contributed by atoms with Crippen molar-refractivity contribution in [2.75, 3.05) is 0 Å². The Morgan fingerprint density at radius 3 is 2.67 bits per heavy atom. The van der Waals surface area contributed by atoms with E-state index in [1.54, 1.807) is 12.1 Å². The van der Waals surface area contributed by atoms with E-state index < -0.39 is 10.0 Å². The maximum absolute atomic E-state index is 11.2. The first-order valence-corrected chi connectivity index (χ1v) is 5.64. The predicted octanol–water partition coefficient (Wildman–Crippen LogP) is 0.588. The van der Waals surface area contributed by atoms with Crippen LogP contribution >= 0.6 is 0 Å². The van der Waals surface area contributed by atoms with Crippen molar-refractivity contribution in [2.24, 2.45) is 5.14 Å². The van der Waals surface area contributed by atoms with Gasteiger partial charge >= 0.3 is 0 Å². The number of aromatic nitrogens is 1. The second kappa shape index (κ2) is 3.18. The van der Waals surface area contributed by atoms with E-state index in [4.69, 9.17) is 5.14 Å². The number of hydrogen-bond acceptors (Lipinski definition) is 4. The lowest BCUT2D eigenvalue weighted by molar-refractivity contribution is 0.480. The van der Waals surface area contributed by atoms with E-state index >= 15 is 0 Å². The summed E-state index contributed by atoms with van der Waals surface area (Å²) in [6.45, 7) is 0. The fourth-order valence-electron chi connectivity index (χ4n) is 1.38. The number of nitrogens with two attached hydrogens (primary N) is 1. The van der Waals surface area contributed by atoms with Crippen molar-refractivity contribution in [3.63, 3.8) is 0 Å². The van der Waals surface area contributed by atoms with E-state index in [1.807, 2.05) is 0 Å². The molecule has 1 heterocycles. The summed E-state index contributed by atoms with van der Waals surface area (Å²) in [4.78, 5) is 3.85. The lowest BCUT2D eigenvalue weighted by Crippen LogP contribution is -2.12. The predicted molar refractivity (Wildman–Crippen MR) is 54.8 cm³/mol. The fraction of sp³-hybridized carbons (Fsp3) is 0. The Morgan fingerprint density at radius 1 is 1.27 bits per heavy atom. The smallest absolute Gasteiger partial charge is 0.238 e. The van der Waals surface area contributed by atoms with Gasteiger partial charge in [0.25, 0.3) is 0 Å². The molecular formula is C9H8N2O3S. The number of phenols is 1. The molecule has 0 spiro atoms. The van der Waals surface area contributed by atoms with Crippen LogP contribution in [0.25, 0.3) is 10.9 Å². The maximum Gasteiger partial charge on any atom is 0.238 e. The summed E-state index contributed by atoms with van der Waals surface area (Å²) in [6.07, 6.45) is 1.47. The van der Waals surface area contributed by atoms with Crippen LogP contribution in [-0.4, -0.2) is 18.5 Å². The topological polar surface area (TPSA) is 93.3 Å². The zero-order valence-electron chi connectivity index (χ0n) is 7.58. The summed E-state index contributed by atoms with van der Waals surface area (Å²) in [5.41, 5.74) is 0.226. The highest BCUT2D eigenvalue weighted by Crippen LogP contribution is 2.27. The molecule has 0 radical (unpaired) electrons. The first kappa shape index (κ1) is 9.88. The van der Waals surface area contributed by atoms with Gasteiger partial charge in [0.05, 0.1) is 4.90 Å². The molecule has 5 nitrogen and oxygen atoms in total. The highest BCUT2D eigenvalue weighted by atomic mass is 32.2. The number of aromatic hydroxyl groups is 1. The SMILES string of the molecule is NS(=O)(=O)c1ccc(O)c2ncccc12. The molecule has 2 aromatic rings. The highest BCUT2D eigenvalue weighted by Gasteiger charge is 2.14. The molecule has 1 aromatic heterocycles. The molecule has 15 heavy (non-hydrogen) atoms. The fourth-order valence-corrected chi connectivity index (χ4v) is 2.11. The summed E-state index contributed by atoms with van der Waals surface area (Å²) in [5.74, 6) is -0.0713. The molecular weight excluding hydrogens is 216 g/mol. The quantitative estimate of drug-likeness (QED) is 0.741. The number of hydrogen-bond donors (Lipinski definition) is 2. The van der Waals surface area contributed by atoms with E-state index in [2.05, 4.69) is 4.98 Å². The van der Waals surface area contributed by atoms with Gasteiger partial charge in [-0.05, 0) is 24.3 Å². The van der Waals surface area contributed by atoms with E-state index in [9.17, 15) is 13.5 Å². The van der Waals surface area contributed by atoms with Gasteiger partial charge in [-0.3, -0.25) is 4.98 Å². The Morgan fingerprint density at radius 2 is 2.00 bits per heavy atom. The summed E-state index contributed by atoms with van der Waals surface area (Å²) < 4.78 is 22.5. The third-order valence-corrected chi connectivity index (χ3v) is 2.98. The Balaban J connectivity index is 2.96. The largest absolute Gasteiger partial charge is 0.506 e. The van der Waals surface area contributed by atoms with Crippen LogP contribution in [0.15, 0.2) is 35.4 Å². The van der Waals surface area contributed by atoms with Crippen molar-refractivity contribution in [1.82, 2.24) is 4.98 Å². The van der Waals surface area contributed by atoms with Crippen molar-refractivity contribution < 1.29 is 13.5 Å². The van der Waals surface area contributed by atoms with E-state index in [1.165, 1.54) is 18.3 Å². The third-order valence-electron chi connectivity index (χ3n) is 2.01. The van der Waals surface area contributed by atoms with Crippen molar-refractivity contribution >= 4 is 20.9 Å². The van der Waals surface area contributed by atoms with Crippen LogP contribution < -0.4 is 5.14 Å². The van der Waals surface area contributed by atoms with Crippen LogP contribution in [0.2, 0.25) is 0 Å². The molecule has 2 rings (SSSR count). The molecule has 3 N–H and O–H groups in total. The number of rotatable bonds is 1. The van der Waals surface area contributed by atoms with Crippen LogP contribution in [0, 0.1) is 0 Å². The molecule has 0 aliphatic rings. The molecule has 78 valence electrons. The molecule has 0 aliphatic carbocycles. The Labute approximate surface area is 86.2 Å². The number of nitrogens with zero attached hydrogens (tertiary/aromatic N) is 1. The van der Waals surface area contributed by atoms with Gasteiger partial charge in [0.2, 0.25) is 10.0 Å². The lowest BCUT2D eigenvalue weighted by Gasteiger charge is -2.04. The standard InChI is InChI=1S/C9H8N2O3S/c10-15(13,14)8-4-3-7(12)9-6(8)2-1-5-11-9/h1-5,12H,(H2,10,13,14). The first-order chi connectivity index (χ1) is 7.00. The van der Waals surface area contributed by atoms with Crippen LogP contribution in [0.4, 0.5) is 0 Å². The number of sulfonamides is 1. The van der Waals surface area contributed by atoms with E-state index in [-0.39, 0.29) is 16.2 Å². The van der Waals surface area contributed by atoms with Gasteiger partial charge in [-0.2, -0.15) is 0 Å². The summed E-state index contributed by atoms with van der Waals surface area (Å²) >= 11 is 0. The molecule has 0 unspecified atom stereocenters. The van der Waals surface area contributed by atoms with Crippen molar-refractivity contribution in [3.05, 3.63) is 30.5 Å². The van der Waals surface area contributed by atoms with Crippen LogP contribution in [0.1, 0.15) is 0 Å². The molecule has 0 saturated carbocycles. The van der Waals surface area contributed by atoms with Crippen molar-refractivity contribution in [2.45, 2.75) is 4.90 Å². The van der Waals surface area contributed by atoms with Gasteiger partial charge < -0.3 is 5.11 Å². The summed E-state index contributed by atoms with van der Waals surface area (Å²) in [6, 6.07) is 5.64. The summed E-state index contributed by atoms with van der Waals surface area (Å²) in [5, 5.41) is 14.8. The van der Waals surface area contributed by atoms with Gasteiger partial charge in [0.1, 0.15) is 11.3 Å².